The predicted octanol–water partition coefficient (Wildman–Crippen LogP) is 1.34. The van der Waals surface area contributed by atoms with Gasteiger partial charge in [-0.3, -0.25) is 9.78 Å². The lowest BCUT2D eigenvalue weighted by Gasteiger charge is -2.09. The number of aromatic amines is 2. The lowest BCUT2D eigenvalue weighted by atomic mass is 10.2. The Hall–Kier alpha value is -2.83. The van der Waals surface area contributed by atoms with Crippen LogP contribution in [0.2, 0.25) is 0 Å². The van der Waals surface area contributed by atoms with Crippen molar-refractivity contribution in [3.05, 3.63) is 52.4 Å². The Morgan fingerprint density at radius 3 is 2.90 bits per heavy atom. The van der Waals surface area contributed by atoms with Gasteiger partial charge in [0.2, 0.25) is 5.82 Å². The van der Waals surface area contributed by atoms with E-state index in [1.54, 1.807) is 6.92 Å². The van der Waals surface area contributed by atoms with E-state index in [1.807, 2.05) is 30.3 Å². The summed E-state index contributed by atoms with van der Waals surface area (Å²) in [7, 11) is 0. The Balaban J connectivity index is 1.80. The number of carbonyl (C=O) groups excluding carboxylic acids is 1. The molecule has 0 saturated heterocycles. The number of amides is 1. The van der Waals surface area contributed by atoms with Crippen molar-refractivity contribution in [3.63, 3.8) is 0 Å². The number of hydrogen-bond donors (Lipinski definition) is 3. The van der Waals surface area contributed by atoms with E-state index < -0.39 is 11.6 Å². The Labute approximate surface area is 113 Å². The van der Waals surface area contributed by atoms with Crippen molar-refractivity contribution in [1.82, 2.24) is 20.5 Å². The molecule has 0 aliphatic rings. The van der Waals surface area contributed by atoms with Crippen LogP contribution in [0, 0.1) is 0 Å². The molecule has 0 bridgehead atoms. The van der Waals surface area contributed by atoms with Gasteiger partial charge in [-0.25, -0.2) is 9.89 Å². The number of nitrogens with one attached hydrogen (secondary N) is 3. The van der Waals surface area contributed by atoms with Crippen LogP contribution >= 0.6 is 0 Å². The van der Waals surface area contributed by atoms with E-state index in [1.165, 1.54) is 0 Å². The first kappa shape index (κ1) is 12.2. The highest BCUT2D eigenvalue weighted by molar-refractivity contribution is 5.90. The molecular formula is C13H12N4O3. The van der Waals surface area contributed by atoms with Gasteiger partial charge in [0.25, 0.3) is 5.91 Å². The topological polar surface area (TPSA) is 104 Å². The highest BCUT2D eigenvalue weighted by atomic mass is 16.3. The van der Waals surface area contributed by atoms with Crippen molar-refractivity contribution in [2.45, 2.75) is 13.0 Å². The van der Waals surface area contributed by atoms with Crippen LogP contribution in [0.25, 0.3) is 11.0 Å². The molecule has 7 nitrogen and oxygen atoms in total. The summed E-state index contributed by atoms with van der Waals surface area (Å²) in [5.41, 5.74) is 0.239. The zero-order chi connectivity index (χ0) is 14.1. The van der Waals surface area contributed by atoms with Gasteiger partial charge < -0.3 is 9.73 Å². The highest BCUT2D eigenvalue weighted by Crippen LogP contribution is 2.23. The Morgan fingerprint density at radius 1 is 1.40 bits per heavy atom. The number of furan rings is 1. The maximum atomic E-state index is 11.9. The molecule has 0 aliphatic heterocycles. The molecule has 0 fully saturated rings. The average molecular weight is 272 g/mol. The quantitative estimate of drug-likeness (QED) is 0.669. The summed E-state index contributed by atoms with van der Waals surface area (Å²) in [4.78, 5) is 25.0. The van der Waals surface area contributed by atoms with Gasteiger partial charge in [-0.1, -0.05) is 18.2 Å². The van der Waals surface area contributed by atoms with E-state index in [0.717, 1.165) is 11.0 Å². The van der Waals surface area contributed by atoms with E-state index in [0.29, 0.717) is 5.76 Å². The van der Waals surface area contributed by atoms with E-state index in [9.17, 15) is 9.59 Å². The molecule has 3 aromatic rings. The molecule has 3 rings (SSSR count). The maximum absolute atomic E-state index is 11.9. The minimum Gasteiger partial charge on any atom is -0.459 e. The second-order valence-electron chi connectivity index (χ2n) is 4.41. The van der Waals surface area contributed by atoms with E-state index in [4.69, 9.17) is 4.42 Å². The summed E-state index contributed by atoms with van der Waals surface area (Å²) in [6.45, 7) is 1.79. The molecule has 7 heteroatoms. The number of fused-ring (bicyclic) bond motifs is 1. The van der Waals surface area contributed by atoms with Crippen molar-refractivity contribution in [3.8, 4) is 0 Å². The molecule has 0 aliphatic carbocycles. The molecule has 0 saturated carbocycles. The number of para-hydroxylation sites is 1. The van der Waals surface area contributed by atoms with Gasteiger partial charge in [0, 0.05) is 5.39 Å². The lowest BCUT2D eigenvalue weighted by Crippen LogP contribution is -2.27. The standard InChI is InChI=1S/C13H12N4O3/c1-7(14-12(18)11-15-13(19)17-16-11)10-6-8-4-2-3-5-9(8)20-10/h2-7H,1H3,(H,14,18)(H2,15,16,17,19). The van der Waals surface area contributed by atoms with Gasteiger partial charge in [0.05, 0.1) is 6.04 Å². The molecule has 20 heavy (non-hydrogen) atoms. The van der Waals surface area contributed by atoms with Crippen LogP contribution in [0.1, 0.15) is 29.3 Å². The van der Waals surface area contributed by atoms with Crippen LogP contribution in [-0.4, -0.2) is 21.1 Å². The highest BCUT2D eigenvalue weighted by Gasteiger charge is 2.17. The summed E-state index contributed by atoms with van der Waals surface area (Å²) in [5.74, 6) is 0.103. The van der Waals surface area contributed by atoms with Crippen molar-refractivity contribution in [2.24, 2.45) is 0 Å². The molecule has 3 N–H and O–H groups in total. The van der Waals surface area contributed by atoms with Gasteiger partial charge in [0.1, 0.15) is 11.3 Å². The summed E-state index contributed by atoms with van der Waals surface area (Å²) in [6.07, 6.45) is 0. The molecule has 1 unspecified atom stereocenters. The number of nitrogens with zero attached hydrogens (tertiary/aromatic N) is 1. The van der Waals surface area contributed by atoms with Crippen LogP contribution in [0.15, 0.2) is 39.5 Å². The molecule has 1 amide bonds. The number of benzene rings is 1. The summed E-state index contributed by atoms with van der Waals surface area (Å²) >= 11 is 0. The number of hydrogen-bond acceptors (Lipinski definition) is 4. The lowest BCUT2D eigenvalue weighted by molar-refractivity contribution is 0.0925. The monoisotopic (exact) mass is 272 g/mol. The number of carbonyl (C=O) groups is 1. The fourth-order valence-corrected chi connectivity index (χ4v) is 1.93. The third-order valence-electron chi connectivity index (χ3n) is 2.94. The molecule has 102 valence electrons. The van der Waals surface area contributed by atoms with E-state index >= 15 is 0 Å². The van der Waals surface area contributed by atoms with Crippen LogP contribution < -0.4 is 11.0 Å². The number of H-pyrrole nitrogens is 2. The molecule has 1 atom stereocenters. The first-order valence-electron chi connectivity index (χ1n) is 6.07. The zero-order valence-electron chi connectivity index (χ0n) is 10.6. The number of aromatic nitrogens is 3. The fraction of sp³-hybridized carbons (Fsp3) is 0.154. The summed E-state index contributed by atoms with van der Waals surface area (Å²) in [6, 6.07) is 9.12. The first-order chi connectivity index (χ1) is 9.63. The van der Waals surface area contributed by atoms with Crippen LogP contribution in [0.5, 0.6) is 0 Å². The second kappa shape index (κ2) is 4.69. The summed E-state index contributed by atoms with van der Waals surface area (Å²) < 4.78 is 5.66. The Kier molecular flexibility index (Phi) is 2.86. The molecule has 2 heterocycles. The fourth-order valence-electron chi connectivity index (χ4n) is 1.93. The minimum absolute atomic E-state index is 0.0574. The van der Waals surface area contributed by atoms with Gasteiger partial charge in [-0.2, -0.15) is 0 Å². The molecule has 1 aromatic carbocycles. The normalized spacial score (nSPS) is 12.4. The average Bonchev–Trinajstić information content (AvgIpc) is 3.04. The van der Waals surface area contributed by atoms with Crippen LogP contribution in [-0.2, 0) is 0 Å². The van der Waals surface area contributed by atoms with Gasteiger partial charge >= 0.3 is 5.69 Å². The Bertz CT molecular complexity index is 781. The third kappa shape index (κ3) is 2.20. The second-order valence-corrected chi connectivity index (χ2v) is 4.41. The molecular weight excluding hydrogens is 260 g/mol. The van der Waals surface area contributed by atoms with Crippen molar-refractivity contribution in [1.29, 1.82) is 0 Å². The maximum Gasteiger partial charge on any atom is 0.341 e. The van der Waals surface area contributed by atoms with Gasteiger partial charge in [-0.15, -0.1) is 5.10 Å². The minimum atomic E-state index is -0.522. The van der Waals surface area contributed by atoms with Crippen LogP contribution in [0.3, 0.4) is 0 Å². The molecule has 0 spiro atoms. The van der Waals surface area contributed by atoms with Crippen molar-refractivity contribution < 1.29 is 9.21 Å². The van der Waals surface area contributed by atoms with Gasteiger partial charge in [-0.05, 0) is 19.1 Å². The predicted molar refractivity (Wildman–Crippen MR) is 71.3 cm³/mol. The third-order valence-corrected chi connectivity index (χ3v) is 2.94. The molecule has 2 aromatic heterocycles. The van der Waals surface area contributed by atoms with Gasteiger partial charge in [0.15, 0.2) is 0 Å². The largest absolute Gasteiger partial charge is 0.459 e. The number of rotatable bonds is 3. The van der Waals surface area contributed by atoms with E-state index in [-0.39, 0.29) is 11.9 Å². The SMILES string of the molecule is CC(NC(=O)c1n[nH]c(=O)[nH]1)c1cc2ccccc2o1. The van der Waals surface area contributed by atoms with E-state index in [2.05, 4.69) is 20.5 Å². The van der Waals surface area contributed by atoms with Crippen molar-refractivity contribution in [2.75, 3.05) is 0 Å². The summed E-state index contributed by atoms with van der Waals surface area (Å²) in [5, 5.41) is 9.38. The van der Waals surface area contributed by atoms with Crippen LogP contribution in [0.4, 0.5) is 0 Å². The molecule has 0 radical (unpaired) electrons. The zero-order valence-corrected chi connectivity index (χ0v) is 10.6. The van der Waals surface area contributed by atoms with Crippen molar-refractivity contribution >= 4 is 16.9 Å². The Morgan fingerprint density at radius 2 is 2.20 bits per heavy atom. The smallest absolute Gasteiger partial charge is 0.341 e. The first-order valence-corrected chi connectivity index (χ1v) is 6.07.